The van der Waals surface area contributed by atoms with Gasteiger partial charge in [0.05, 0.1) is 5.56 Å². The maximum atomic E-state index is 11.9. The first-order valence-corrected chi connectivity index (χ1v) is 5.86. The number of aromatic nitrogens is 1. The molecule has 1 aliphatic heterocycles. The van der Waals surface area contributed by atoms with Gasteiger partial charge < -0.3 is 10.6 Å². The van der Waals surface area contributed by atoms with Crippen LogP contribution in [-0.4, -0.2) is 30.5 Å². The largest absolute Gasteiger partial charge is 0.348 e. The molecule has 0 fully saturated rings. The number of carbonyl (C=O) groups excluding carboxylic acids is 1. The summed E-state index contributed by atoms with van der Waals surface area (Å²) in [5.41, 5.74) is 2.71. The van der Waals surface area contributed by atoms with Gasteiger partial charge in [0, 0.05) is 25.0 Å². The normalized spacial score (nSPS) is 15.2. The van der Waals surface area contributed by atoms with Crippen LogP contribution < -0.4 is 10.6 Å². The molecule has 0 saturated carbocycles. The Bertz CT molecular complexity index is 440. The second kappa shape index (κ2) is 5.59. The Labute approximate surface area is 101 Å². The molecule has 0 radical (unpaired) electrons. The van der Waals surface area contributed by atoms with Crippen LogP contribution in [-0.2, 0) is 0 Å². The van der Waals surface area contributed by atoms with Crippen molar-refractivity contribution in [3.8, 4) is 0 Å². The number of amides is 1. The van der Waals surface area contributed by atoms with Crippen molar-refractivity contribution in [1.29, 1.82) is 0 Å². The molecule has 0 aliphatic carbocycles. The Morgan fingerprint density at radius 1 is 1.59 bits per heavy atom. The van der Waals surface area contributed by atoms with Gasteiger partial charge in [0.15, 0.2) is 0 Å². The minimum atomic E-state index is -0.0463. The van der Waals surface area contributed by atoms with Crippen LogP contribution in [0.2, 0.25) is 0 Å². The van der Waals surface area contributed by atoms with E-state index in [1.165, 1.54) is 5.57 Å². The second-order valence-corrected chi connectivity index (χ2v) is 4.14. The van der Waals surface area contributed by atoms with Gasteiger partial charge in [-0.05, 0) is 32.0 Å². The lowest BCUT2D eigenvalue weighted by Crippen LogP contribution is -2.30. The number of nitrogens with one attached hydrogen (secondary N) is 2. The third kappa shape index (κ3) is 3.14. The second-order valence-electron chi connectivity index (χ2n) is 4.14. The number of hydrogen-bond acceptors (Lipinski definition) is 3. The van der Waals surface area contributed by atoms with Crippen molar-refractivity contribution < 1.29 is 4.79 Å². The maximum Gasteiger partial charge on any atom is 0.253 e. The molecule has 1 aromatic heterocycles. The summed E-state index contributed by atoms with van der Waals surface area (Å²) in [5.74, 6) is -0.0463. The highest BCUT2D eigenvalue weighted by atomic mass is 16.1. The Balaban J connectivity index is 1.93. The van der Waals surface area contributed by atoms with E-state index in [9.17, 15) is 4.79 Å². The Hall–Kier alpha value is -1.68. The third-order valence-corrected chi connectivity index (χ3v) is 2.89. The molecule has 0 bridgehead atoms. The van der Waals surface area contributed by atoms with E-state index in [0.29, 0.717) is 12.1 Å². The van der Waals surface area contributed by atoms with Gasteiger partial charge in [-0.2, -0.15) is 0 Å². The molecular weight excluding hydrogens is 214 g/mol. The highest BCUT2D eigenvalue weighted by Gasteiger charge is 2.10. The SMILES string of the molecule is Cc1ncccc1C(=O)NCC1=CCNCC1. The minimum Gasteiger partial charge on any atom is -0.348 e. The van der Waals surface area contributed by atoms with Crippen molar-refractivity contribution in [2.75, 3.05) is 19.6 Å². The van der Waals surface area contributed by atoms with E-state index in [0.717, 1.165) is 25.2 Å². The number of hydrogen-bond donors (Lipinski definition) is 2. The van der Waals surface area contributed by atoms with Crippen LogP contribution >= 0.6 is 0 Å². The zero-order valence-corrected chi connectivity index (χ0v) is 9.99. The van der Waals surface area contributed by atoms with Crippen molar-refractivity contribution in [3.63, 3.8) is 0 Å². The average molecular weight is 231 g/mol. The van der Waals surface area contributed by atoms with Gasteiger partial charge in [0.2, 0.25) is 0 Å². The number of carbonyl (C=O) groups is 1. The van der Waals surface area contributed by atoms with Gasteiger partial charge in [-0.25, -0.2) is 0 Å². The molecule has 0 aromatic carbocycles. The van der Waals surface area contributed by atoms with Gasteiger partial charge in [-0.15, -0.1) is 0 Å². The van der Waals surface area contributed by atoms with E-state index in [1.54, 1.807) is 18.3 Å². The van der Waals surface area contributed by atoms with E-state index in [-0.39, 0.29) is 5.91 Å². The number of aryl methyl sites for hydroxylation is 1. The molecule has 90 valence electrons. The molecule has 1 aromatic rings. The summed E-state index contributed by atoms with van der Waals surface area (Å²) >= 11 is 0. The monoisotopic (exact) mass is 231 g/mol. The molecule has 17 heavy (non-hydrogen) atoms. The molecule has 0 spiro atoms. The molecule has 1 aliphatic rings. The van der Waals surface area contributed by atoms with Crippen LogP contribution in [0.15, 0.2) is 30.0 Å². The average Bonchev–Trinajstić information content (AvgIpc) is 2.38. The lowest BCUT2D eigenvalue weighted by atomic mass is 10.1. The molecule has 0 unspecified atom stereocenters. The molecule has 4 nitrogen and oxygen atoms in total. The number of rotatable bonds is 3. The fourth-order valence-electron chi connectivity index (χ4n) is 1.84. The fraction of sp³-hybridized carbons (Fsp3) is 0.385. The third-order valence-electron chi connectivity index (χ3n) is 2.89. The smallest absolute Gasteiger partial charge is 0.253 e. The van der Waals surface area contributed by atoms with Crippen molar-refractivity contribution in [2.24, 2.45) is 0 Å². The molecule has 1 amide bonds. The van der Waals surface area contributed by atoms with Crippen LogP contribution in [0.4, 0.5) is 0 Å². The van der Waals surface area contributed by atoms with Crippen LogP contribution in [0.3, 0.4) is 0 Å². The lowest BCUT2D eigenvalue weighted by molar-refractivity contribution is 0.0955. The first-order valence-electron chi connectivity index (χ1n) is 5.86. The summed E-state index contributed by atoms with van der Waals surface area (Å²) in [6.07, 6.45) is 4.84. The van der Waals surface area contributed by atoms with Crippen molar-refractivity contribution >= 4 is 5.91 Å². The summed E-state index contributed by atoms with van der Waals surface area (Å²) in [6.45, 7) is 4.37. The quantitative estimate of drug-likeness (QED) is 0.764. The predicted molar refractivity (Wildman–Crippen MR) is 66.9 cm³/mol. The van der Waals surface area contributed by atoms with Gasteiger partial charge in [-0.3, -0.25) is 9.78 Å². The van der Waals surface area contributed by atoms with Gasteiger partial charge in [0.1, 0.15) is 0 Å². The van der Waals surface area contributed by atoms with Gasteiger partial charge in [-0.1, -0.05) is 11.6 Å². The van der Waals surface area contributed by atoms with Crippen LogP contribution in [0.25, 0.3) is 0 Å². The zero-order chi connectivity index (χ0) is 12.1. The topological polar surface area (TPSA) is 54.0 Å². The van der Waals surface area contributed by atoms with E-state index in [2.05, 4.69) is 21.7 Å². The van der Waals surface area contributed by atoms with Gasteiger partial charge >= 0.3 is 0 Å². The molecule has 0 saturated heterocycles. The molecule has 4 heteroatoms. The summed E-state index contributed by atoms with van der Waals surface area (Å²) in [4.78, 5) is 16.0. The van der Waals surface area contributed by atoms with E-state index < -0.39 is 0 Å². The summed E-state index contributed by atoms with van der Waals surface area (Å²) in [6, 6.07) is 3.58. The highest BCUT2D eigenvalue weighted by molar-refractivity contribution is 5.95. The molecule has 2 rings (SSSR count). The molecule has 2 N–H and O–H groups in total. The van der Waals surface area contributed by atoms with Gasteiger partial charge in [0.25, 0.3) is 5.91 Å². The first kappa shape index (κ1) is 11.8. The predicted octanol–water partition coefficient (Wildman–Crippen LogP) is 1.04. The van der Waals surface area contributed by atoms with Crippen LogP contribution in [0.5, 0.6) is 0 Å². The number of nitrogens with zero attached hydrogens (tertiary/aromatic N) is 1. The van der Waals surface area contributed by atoms with Crippen molar-refractivity contribution in [1.82, 2.24) is 15.6 Å². The van der Waals surface area contributed by atoms with E-state index in [1.807, 2.05) is 6.92 Å². The Kier molecular flexibility index (Phi) is 3.88. The van der Waals surface area contributed by atoms with Crippen molar-refractivity contribution in [2.45, 2.75) is 13.3 Å². The van der Waals surface area contributed by atoms with E-state index >= 15 is 0 Å². The maximum absolute atomic E-state index is 11.9. The van der Waals surface area contributed by atoms with Crippen molar-refractivity contribution in [3.05, 3.63) is 41.2 Å². The highest BCUT2D eigenvalue weighted by Crippen LogP contribution is 2.05. The lowest BCUT2D eigenvalue weighted by Gasteiger charge is -2.14. The van der Waals surface area contributed by atoms with E-state index in [4.69, 9.17) is 0 Å². The first-order chi connectivity index (χ1) is 8.27. The number of pyridine rings is 1. The molecule has 2 heterocycles. The van der Waals surface area contributed by atoms with Crippen LogP contribution in [0.1, 0.15) is 22.5 Å². The Morgan fingerprint density at radius 3 is 3.18 bits per heavy atom. The summed E-state index contributed by atoms with van der Waals surface area (Å²) in [7, 11) is 0. The summed E-state index contributed by atoms with van der Waals surface area (Å²) in [5, 5.41) is 6.18. The minimum absolute atomic E-state index is 0.0463. The Morgan fingerprint density at radius 2 is 2.47 bits per heavy atom. The molecule has 0 atom stereocenters. The zero-order valence-electron chi connectivity index (χ0n) is 9.99. The summed E-state index contributed by atoms with van der Waals surface area (Å²) < 4.78 is 0. The van der Waals surface area contributed by atoms with Crippen LogP contribution in [0, 0.1) is 6.92 Å². The fourth-order valence-corrected chi connectivity index (χ4v) is 1.84. The standard InChI is InChI=1S/C13H17N3O/c1-10-12(3-2-6-15-10)13(17)16-9-11-4-7-14-8-5-11/h2-4,6,14H,5,7-9H2,1H3,(H,16,17). The molecular formula is C13H17N3O.